The van der Waals surface area contributed by atoms with Crippen molar-refractivity contribution in [2.75, 3.05) is 26.8 Å². The monoisotopic (exact) mass is 268 g/mol. The third-order valence-electron chi connectivity index (χ3n) is 4.89. The molecule has 0 spiro atoms. The number of methoxy groups -OCH3 is 1. The number of rotatable bonds is 4. The molecular formula is C14H24N2O3. The van der Waals surface area contributed by atoms with E-state index >= 15 is 0 Å². The zero-order valence-electron chi connectivity index (χ0n) is 11.6. The Bertz CT molecular complexity index is 336. The fourth-order valence-corrected chi connectivity index (χ4v) is 3.73. The van der Waals surface area contributed by atoms with Crippen LogP contribution in [0.15, 0.2) is 0 Å². The summed E-state index contributed by atoms with van der Waals surface area (Å²) in [6, 6.07) is 0.217. The molecule has 3 saturated heterocycles. The van der Waals surface area contributed by atoms with Gasteiger partial charge in [0.25, 0.3) is 0 Å². The van der Waals surface area contributed by atoms with Crippen LogP contribution in [0.5, 0.6) is 0 Å². The Balaban J connectivity index is 1.63. The number of carbonyl (C=O) groups excluding carboxylic acids is 1. The van der Waals surface area contributed by atoms with Crippen LogP contribution in [0.3, 0.4) is 0 Å². The molecule has 0 aromatic heterocycles. The van der Waals surface area contributed by atoms with E-state index < -0.39 is 0 Å². The van der Waals surface area contributed by atoms with E-state index in [1.165, 1.54) is 0 Å². The maximum atomic E-state index is 12.7. The number of fused-ring (bicyclic) bond motifs is 2. The van der Waals surface area contributed by atoms with Gasteiger partial charge >= 0.3 is 0 Å². The van der Waals surface area contributed by atoms with Gasteiger partial charge in [-0.3, -0.25) is 4.79 Å². The predicted molar refractivity (Wildman–Crippen MR) is 70.9 cm³/mol. The third kappa shape index (κ3) is 2.51. The van der Waals surface area contributed by atoms with Crippen molar-refractivity contribution in [1.29, 1.82) is 0 Å². The van der Waals surface area contributed by atoms with E-state index in [4.69, 9.17) is 9.47 Å². The SMILES string of the molecule is COCC1(C(=O)NC2CC3CCC2O3)CCNCC1. The van der Waals surface area contributed by atoms with Gasteiger partial charge in [0.15, 0.2) is 0 Å². The molecule has 1 amide bonds. The molecule has 3 atom stereocenters. The standard InChI is InChI=1S/C14H24N2O3/c1-18-9-14(4-6-15-7-5-14)13(17)16-11-8-10-2-3-12(11)19-10/h10-12,15H,2-9H2,1H3,(H,16,17). The molecule has 3 fully saturated rings. The molecule has 3 rings (SSSR count). The van der Waals surface area contributed by atoms with Crippen molar-refractivity contribution in [3.05, 3.63) is 0 Å². The van der Waals surface area contributed by atoms with Crippen LogP contribution in [0.1, 0.15) is 32.1 Å². The molecular weight excluding hydrogens is 244 g/mol. The lowest BCUT2D eigenvalue weighted by atomic mass is 9.78. The van der Waals surface area contributed by atoms with Gasteiger partial charge in [0.05, 0.1) is 30.3 Å². The second-order valence-corrected chi connectivity index (χ2v) is 6.15. The highest BCUT2D eigenvalue weighted by molar-refractivity contribution is 5.83. The van der Waals surface area contributed by atoms with Crippen LogP contribution < -0.4 is 10.6 Å². The Kier molecular flexibility index (Phi) is 3.78. The maximum Gasteiger partial charge on any atom is 0.228 e. The van der Waals surface area contributed by atoms with Crippen molar-refractivity contribution in [2.45, 2.75) is 50.4 Å². The van der Waals surface area contributed by atoms with Crippen LogP contribution in [0.2, 0.25) is 0 Å². The number of amides is 1. The Morgan fingerprint density at radius 1 is 1.42 bits per heavy atom. The topological polar surface area (TPSA) is 59.6 Å². The molecule has 3 heterocycles. The van der Waals surface area contributed by atoms with Gasteiger partial charge < -0.3 is 20.1 Å². The molecule has 0 saturated carbocycles. The van der Waals surface area contributed by atoms with Crippen LogP contribution in [-0.2, 0) is 14.3 Å². The van der Waals surface area contributed by atoms with E-state index in [0.717, 1.165) is 45.2 Å². The summed E-state index contributed by atoms with van der Waals surface area (Å²) < 4.78 is 11.1. The highest BCUT2D eigenvalue weighted by Gasteiger charge is 2.45. The summed E-state index contributed by atoms with van der Waals surface area (Å²) in [7, 11) is 1.68. The minimum Gasteiger partial charge on any atom is -0.384 e. The lowest BCUT2D eigenvalue weighted by molar-refractivity contribution is -0.137. The summed E-state index contributed by atoms with van der Waals surface area (Å²) in [4.78, 5) is 12.7. The van der Waals surface area contributed by atoms with E-state index in [-0.39, 0.29) is 23.5 Å². The van der Waals surface area contributed by atoms with Crippen LogP contribution in [0.4, 0.5) is 0 Å². The minimum absolute atomic E-state index is 0.164. The molecule has 5 heteroatoms. The van der Waals surface area contributed by atoms with Gasteiger partial charge in [0.2, 0.25) is 5.91 Å². The van der Waals surface area contributed by atoms with Crippen LogP contribution >= 0.6 is 0 Å². The molecule has 2 N–H and O–H groups in total. The first kappa shape index (κ1) is 13.3. The van der Waals surface area contributed by atoms with Gasteiger partial charge in [-0.1, -0.05) is 0 Å². The van der Waals surface area contributed by atoms with Crippen LogP contribution in [-0.4, -0.2) is 51.0 Å². The second kappa shape index (κ2) is 5.38. The average molecular weight is 268 g/mol. The van der Waals surface area contributed by atoms with Crippen molar-refractivity contribution in [1.82, 2.24) is 10.6 Å². The van der Waals surface area contributed by atoms with Crippen molar-refractivity contribution >= 4 is 5.91 Å². The summed E-state index contributed by atoms with van der Waals surface area (Å²) in [5.41, 5.74) is -0.345. The minimum atomic E-state index is -0.345. The van der Waals surface area contributed by atoms with Gasteiger partial charge in [-0.25, -0.2) is 0 Å². The molecule has 0 aliphatic carbocycles. The van der Waals surface area contributed by atoms with E-state index in [9.17, 15) is 4.79 Å². The lowest BCUT2D eigenvalue weighted by Gasteiger charge is -2.37. The molecule has 0 aromatic rings. The zero-order valence-corrected chi connectivity index (χ0v) is 11.6. The molecule has 19 heavy (non-hydrogen) atoms. The quantitative estimate of drug-likeness (QED) is 0.777. The predicted octanol–water partition coefficient (Wildman–Crippen LogP) is 0.439. The van der Waals surface area contributed by atoms with Crippen molar-refractivity contribution in [3.8, 4) is 0 Å². The maximum absolute atomic E-state index is 12.7. The second-order valence-electron chi connectivity index (χ2n) is 6.15. The molecule has 3 aliphatic heterocycles. The average Bonchev–Trinajstić information content (AvgIpc) is 3.02. The number of hydrogen-bond acceptors (Lipinski definition) is 4. The summed E-state index contributed by atoms with van der Waals surface area (Å²) in [6.07, 6.45) is 5.57. The smallest absolute Gasteiger partial charge is 0.228 e. The van der Waals surface area contributed by atoms with Gasteiger partial charge in [0.1, 0.15) is 0 Å². The normalized spacial score (nSPS) is 36.4. The fourth-order valence-electron chi connectivity index (χ4n) is 3.73. The summed E-state index contributed by atoms with van der Waals surface area (Å²) in [5, 5.41) is 6.55. The van der Waals surface area contributed by atoms with Crippen molar-refractivity contribution in [3.63, 3.8) is 0 Å². The van der Waals surface area contributed by atoms with Crippen molar-refractivity contribution in [2.24, 2.45) is 5.41 Å². The molecule has 3 aliphatic rings. The Morgan fingerprint density at radius 3 is 2.79 bits per heavy atom. The first-order valence-electron chi connectivity index (χ1n) is 7.40. The van der Waals surface area contributed by atoms with Gasteiger partial charge in [0, 0.05) is 7.11 Å². The van der Waals surface area contributed by atoms with E-state index in [1.807, 2.05) is 0 Å². The molecule has 2 bridgehead atoms. The van der Waals surface area contributed by atoms with Crippen LogP contribution in [0, 0.1) is 5.41 Å². The number of ether oxygens (including phenoxy) is 2. The number of piperidine rings is 1. The zero-order chi connectivity index (χ0) is 13.3. The first-order chi connectivity index (χ1) is 9.23. The van der Waals surface area contributed by atoms with E-state index in [0.29, 0.717) is 12.7 Å². The van der Waals surface area contributed by atoms with Crippen LogP contribution in [0.25, 0.3) is 0 Å². The molecule has 0 aromatic carbocycles. The first-order valence-corrected chi connectivity index (χ1v) is 7.40. The summed E-state index contributed by atoms with van der Waals surface area (Å²) in [5.74, 6) is 0.164. The molecule has 3 unspecified atom stereocenters. The Labute approximate surface area is 114 Å². The Hall–Kier alpha value is -0.650. The summed E-state index contributed by atoms with van der Waals surface area (Å²) in [6.45, 7) is 2.30. The number of nitrogens with one attached hydrogen (secondary N) is 2. The summed E-state index contributed by atoms with van der Waals surface area (Å²) >= 11 is 0. The van der Waals surface area contributed by atoms with Gasteiger partial charge in [-0.2, -0.15) is 0 Å². The molecule has 108 valence electrons. The number of hydrogen-bond donors (Lipinski definition) is 2. The molecule has 0 radical (unpaired) electrons. The third-order valence-corrected chi connectivity index (χ3v) is 4.89. The highest BCUT2D eigenvalue weighted by atomic mass is 16.5. The van der Waals surface area contributed by atoms with Crippen molar-refractivity contribution < 1.29 is 14.3 Å². The lowest BCUT2D eigenvalue weighted by Crippen LogP contribution is -2.54. The molecule has 5 nitrogen and oxygen atoms in total. The fraction of sp³-hybridized carbons (Fsp3) is 0.929. The van der Waals surface area contributed by atoms with Gasteiger partial charge in [-0.15, -0.1) is 0 Å². The van der Waals surface area contributed by atoms with Gasteiger partial charge in [-0.05, 0) is 45.2 Å². The van der Waals surface area contributed by atoms with E-state index in [2.05, 4.69) is 10.6 Å². The van der Waals surface area contributed by atoms with E-state index in [1.54, 1.807) is 7.11 Å². The Morgan fingerprint density at radius 2 is 2.21 bits per heavy atom. The number of carbonyl (C=O) groups is 1. The highest BCUT2D eigenvalue weighted by Crippen LogP contribution is 2.36. The largest absolute Gasteiger partial charge is 0.384 e.